The first kappa shape index (κ1) is 15.7. The molecule has 122 valence electrons. The summed E-state index contributed by atoms with van der Waals surface area (Å²) in [5.74, 6) is 0.0551. The van der Waals surface area contributed by atoms with Gasteiger partial charge in [-0.1, -0.05) is 18.9 Å². The van der Waals surface area contributed by atoms with Crippen molar-refractivity contribution in [3.8, 4) is 0 Å². The summed E-state index contributed by atoms with van der Waals surface area (Å²) in [4.78, 5) is 18.9. The number of hydrogen-bond donors (Lipinski definition) is 3. The van der Waals surface area contributed by atoms with Crippen LogP contribution in [0, 0.1) is 0 Å². The van der Waals surface area contributed by atoms with Gasteiger partial charge in [-0.15, -0.1) is 0 Å². The average Bonchev–Trinajstić information content (AvgIpc) is 3.11. The zero-order valence-corrected chi connectivity index (χ0v) is 13.6. The van der Waals surface area contributed by atoms with Gasteiger partial charge in [0.05, 0.1) is 16.6 Å². The first-order chi connectivity index (χ1) is 11.0. The molecule has 0 atom stereocenters. The Bertz CT molecular complexity index is 740. The fourth-order valence-electron chi connectivity index (χ4n) is 3.51. The number of carboxylic acids is 1. The molecule has 0 spiro atoms. The van der Waals surface area contributed by atoms with Crippen LogP contribution in [0.25, 0.3) is 17.1 Å². The van der Waals surface area contributed by atoms with Gasteiger partial charge in [-0.3, -0.25) is 0 Å². The monoisotopic (exact) mass is 313 g/mol. The SMILES string of the molecule is CC(C)NC1(c2nc3ccc(/C=C/C(=O)O)cc3[nH]2)CCCC1. The Labute approximate surface area is 135 Å². The van der Waals surface area contributed by atoms with Gasteiger partial charge >= 0.3 is 5.97 Å². The lowest BCUT2D eigenvalue weighted by molar-refractivity contribution is -0.131. The minimum atomic E-state index is -0.943. The molecule has 5 heteroatoms. The molecule has 5 nitrogen and oxygen atoms in total. The molecule has 2 aromatic rings. The van der Waals surface area contributed by atoms with Crippen molar-refractivity contribution in [3.63, 3.8) is 0 Å². The smallest absolute Gasteiger partial charge is 0.328 e. The number of rotatable bonds is 5. The number of imidazole rings is 1. The Hall–Kier alpha value is -2.14. The molecule has 1 aromatic carbocycles. The van der Waals surface area contributed by atoms with Crippen molar-refractivity contribution in [1.82, 2.24) is 15.3 Å². The number of hydrogen-bond acceptors (Lipinski definition) is 3. The Morgan fingerprint density at radius 3 is 2.78 bits per heavy atom. The van der Waals surface area contributed by atoms with E-state index in [0.29, 0.717) is 6.04 Å². The van der Waals surface area contributed by atoms with Crippen LogP contribution in [0.1, 0.15) is 50.9 Å². The van der Waals surface area contributed by atoms with E-state index in [1.54, 1.807) is 6.08 Å². The van der Waals surface area contributed by atoms with Crippen LogP contribution in [0.15, 0.2) is 24.3 Å². The first-order valence-electron chi connectivity index (χ1n) is 8.17. The minimum absolute atomic E-state index is 0.0652. The molecule has 1 saturated carbocycles. The van der Waals surface area contributed by atoms with Gasteiger partial charge in [-0.2, -0.15) is 0 Å². The Morgan fingerprint density at radius 1 is 1.39 bits per heavy atom. The number of benzene rings is 1. The van der Waals surface area contributed by atoms with E-state index in [9.17, 15) is 4.79 Å². The first-order valence-corrected chi connectivity index (χ1v) is 8.17. The standard InChI is InChI=1S/C18H23N3O2/c1-12(2)21-18(9-3-4-10-18)17-19-14-7-5-13(6-8-16(22)23)11-15(14)20-17/h5-8,11-12,21H,3-4,9-10H2,1-2H3,(H,19,20)(H,22,23)/b8-6+. The molecule has 3 rings (SSSR count). The fraction of sp³-hybridized carbons (Fsp3) is 0.444. The lowest BCUT2D eigenvalue weighted by Crippen LogP contribution is -2.44. The normalized spacial score (nSPS) is 17.5. The van der Waals surface area contributed by atoms with E-state index in [0.717, 1.165) is 41.3 Å². The zero-order chi connectivity index (χ0) is 16.4. The fourth-order valence-corrected chi connectivity index (χ4v) is 3.51. The van der Waals surface area contributed by atoms with Gasteiger partial charge in [0.15, 0.2) is 0 Å². The second-order valence-corrected chi connectivity index (χ2v) is 6.62. The molecule has 1 heterocycles. The molecule has 1 aliphatic carbocycles. The van der Waals surface area contributed by atoms with Gasteiger partial charge in [0, 0.05) is 12.1 Å². The zero-order valence-electron chi connectivity index (χ0n) is 13.6. The molecular weight excluding hydrogens is 290 g/mol. The second-order valence-electron chi connectivity index (χ2n) is 6.62. The van der Waals surface area contributed by atoms with Crippen molar-refractivity contribution in [1.29, 1.82) is 0 Å². The maximum absolute atomic E-state index is 10.6. The van der Waals surface area contributed by atoms with Gasteiger partial charge in [0.25, 0.3) is 0 Å². The summed E-state index contributed by atoms with van der Waals surface area (Å²) in [5, 5.41) is 12.4. The summed E-state index contributed by atoms with van der Waals surface area (Å²) >= 11 is 0. The summed E-state index contributed by atoms with van der Waals surface area (Å²) in [7, 11) is 0. The molecule has 0 radical (unpaired) electrons. The van der Waals surface area contributed by atoms with Crippen molar-refractivity contribution in [2.75, 3.05) is 0 Å². The summed E-state index contributed by atoms with van der Waals surface area (Å²) in [6, 6.07) is 6.18. The number of nitrogens with zero attached hydrogens (tertiary/aromatic N) is 1. The number of nitrogens with one attached hydrogen (secondary N) is 2. The summed E-state index contributed by atoms with van der Waals surface area (Å²) in [5.41, 5.74) is 2.66. The number of carbonyl (C=O) groups is 1. The van der Waals surface area contributed by atoms with Gasteiger partial charge < -0.3 is 15.4 Å². The van der Waals surface area contributed by atoms with Gasteiger partial charge in [0.1, 0.15) is 5.82 Å². The Kier molecular flexibility index (Phi) is 4.22. The maximum Gasteiger partial charge on any atom is 0.328 e. The maximum atomic E-state index is 10.6. The van der Waals surface area contributed by atoms with E-state index in [1.165, 1.54) is 12.8 Å². The molecule has 1 aliphatic rings. The number of aromatic amines is 1. The predicted octanol–water partition coefficient (Wildman–Crippen LogP) is 3.43. The van der Waals surface area contributed by atoms with Crippen LogP contribution >= 0.6 is 0 Å². The minimum Gasteiger partial charge on any atom is -0.478 e. The summed E-state index contributed by atoms with van der Waals surface area (Å²) in [6.45, 7) is 4.33. The molecular formula is C18H23N3O2. The lowest BCUT2D eigenvalue weighted by Gasteiger charge is -2.30. The molecule has 0 bridgehead atoms. The molecule has 1 fully saturated rings. The number of H-pyrrole nitrogens is 1. The predicted molar refractivity (Wildman–Crippen MR) is 91.2 cm³/mol. The quantitative estimate of drug-likeness (QED) is 0.739. The molecule has 1 aromatic heterocycles. The molecule has 23 heavy (non-hydrogen) atoms. The van der Waals surface area contributed by atoms with Crippen molar-refractivity contribution >= 4 is 23.1 Å². The summed E-state index contributed by atoms with van der Waals surface area (Å²) in [6.07, 6.45) is 7.36. The van der Waals surface area contributed by atoms with Crippen LogP contribution in [-0.2, 0) is 10.3 Å². The number of carboxylic acid groups (broad SMARTS) is 1. The highest BCUT2D eigenvalue weighted by Gasteiger charge is 2.38. The topological polar surface area (TPSA) is 78.0 Å². The van der Waals surface area contributed by atoms with Crippen LogP contribution in [0.5, 0.6) is 0 Å². The van der Waals surface area contributed by atoms with Crippen LogP contribution in [0.4, 0.5) is 0 Å². The van der Waals surface area contributed by atoms with E-state index in [1.807, 2.05) is 18.2 Å². The molecule has 0 saturated heterocycles. The number of aliphatic carboxylic acids is 1. The van der Waals surface area contributed by atoms with Gasteiger partial charge in [-0.05, 0) is 50.5 Å². The molecule has 0 aliphatic heterocycles. The third-order valence-corrected chi connectivity index (χ3v) is 4.40. The van der Waals surface area contributed by atoms with Crippen molar-refractivity contribution < 1.29 is 9.90 Å². The highest BCUT2D eigenvalue weighted by Crippen LogP contribution is 2.38. The van der Waals surface area contributed by atoms with E-state index in [-0.39, 0.29) is 5.54 Å². The number of aromatic nitrogens is 2. The van der Waals surface area contributed by atoms with Crippen LogP contribution in [-0.4, -0.2) is 27.1 Å². The van der Waals surface area contributed by atoms with Gasteiger partial charge in [0.2, 0.25) is 0 Å². The third kappa shape index (κ3) is 3.29. The molecule has 0 amide bonds. The number of fused-ring (bicyclic) bond motifs is 1. The average molecular weight is 313 g/mol. The van der Waals surface area contributed by atoms with Crippen LogP contribution < -0.4 is 5.32 Å². The van der Waals surface area contributed by atoms with E-state index in [4.69, 9.17) is 10.1 Å². The Morgan fingerprint density at radius 2 is 2.13 bits per heavy atom. The Balaban J connectivity index is 1.97. The highest BCUT2D eigenvalue weighted by atomic mass is 16.4. The van der Waals surface area contributed by atoms with Gasteiger partial charge in [-0.25, -0.2) is 9.78 Å². The van der Waals surface area contributed by atoms with E-state index in [2.05, 4.69) is 24.1 Å². The molecule has 0 unspecified atom stereocenters. The third-order valence-electron chi connectivity index (χ3n) is 4.40. The molecule has 3 N–H and O–H groups in total. The lowest BCUT2D eigenvalue weighted by atomic mass is 9.95. The van der Waals surface area contributed by atoms with Crippen molar-refractivity contribution in [3.05, 3.63) is 35.7 Å². The van der Waals surface area contributed by atoms with E-state index < -0.39 is 5.97 Å². The van der Waals surface area contributed by atoms with Crippen LogP contribution in [0.3, 0.4) is 0 Å². The largest absolute Gasteiger partial charge is 0.478 e. The van der Waals surface area contributed by atoms with Crippen LogP contribution in [0.2, 0.25) is 0 Å². The van der Waals surface area contributed by atoms with E-state index >= 15 is 0 Å². The highest BCUT2D eigenvalue weighted by molar-refractivity contribution is 5.86. The van der Waals surface area contributed by atoms with Crippen molar-refractivity contribution in [2.24, 2.45) is 0 Å². The second kappa shape index (κ2) is 6.16. The summed E-state index contributed by atoms with van der Waals surface area (Å²) < 4.78 is 0. The van der Waals surface area contributed by atoms with Crippen molar-refractivity contribution in [2.45, 2.75) is 51.1 Å².